The van der Waals surface area contributed by atoms with Crippen molar-refractivity contribution in [1.29, 1.82) is 0 Å². The van der Waals surface area contributed by atoms with E-state index in [4.69, 9.17) is 4.74 Å². The third-order valence-corrected chi connectivity index (χ3v) is 3.37. The van der Waals surface area contributed by atoms with Crippen LogP contribution < -0.4 is 15.0 Å². The molecule has 0 radical (unpaired) electrons. The standard InChI is InChI=1S/C17H18F2N2O2/c1-21(2)16-7-4-11(8-15(16)19)10-20-17(22)13-6-5-12(23-3)9-14(13)18/h4-9H,10H2,1-3H3,(H,20,22). The molecule has 0 unspecified atom stereocenters. The molecule has 1 amide bonds. The molecule has 0 aliphatic carbocycles. The molecule has 0 fully saturated rings. The monoisotopic (exact) mass is 320 g/mol. The molecule has 2 aromatic rings. The van der Waals surface area contributed by atoms with E-state index in [0.717, 1.165) is 6.07 Å². The van der Waals surface area contributed by atoms with Crippen molar-refractivity contribution in [2.75, 3.05) is 26.1 Å². The second-order valence-corrected chi connectivity index (χ2v) is 5.21. The Morgan fingerprint density at radius 2 is 1.87 bits per heavy atom. The predicted molar refractivity (Wildman–Crippen MR) is 84.8 cm³/mol. The second-order valence-electron chi connectivity index (χ2n) is 5.21. The van der Waals surface area contributed by atoms with E-state index in [1.54, 1.807) is 31.1 Å². The van der Waals surface area contributed by atoms with Gasteiger partial charge in [0.1, 0.15) is 17.4 Å². The van der Waals surface area contributed by atoms with E-state index in [9.17, 15) is 13.6 Å². The van der Waals surface area contributed by atoms with Gasteiger partial charge in [0, 0.05) is 26.7 Å². The Balaban J connectivity index is 2.06. The van der Waals surface area contributed by atoms with Gasteiger partial charge in [0.15, 0.2) is 0 Å². The molecule has 0 bridgehead atoms. The molecule has 1 N–H and O–H groups in total. The van der Waals surface area contributed by atoms with Crippen molar-refractivity contribution in [2.24, 2.45) is 0 Å². The quantitative estimate of drug-likeness (QED) is 0.921. The molecule has 2 rings (SSSR count). The minimum atomic E-state index is -0.670. The highest BCUT2D eigenvalue weighted by atomic mass is 19.1. The molecule has 0 saturated carbocycles. The van der Waals surface area contributed by atoms with Gasteiger partial charge < -0.3 is 15.0 Å². The van der Waals surface area contributed by atoms with Crippen LogP contribution in [0, 0.1) is 11.6 Å². The van der Waals surface area contributed by atoms with Crippen molar-refractivity contribution < 1.29 is 18.3 Å². The zero-order chi connectivity index (χ0) is 17.0. The van der Waals surface area contributed by atoms with Crippen LogP contribution in [0.2, 0.25) is 0 Å². The smallest absolute Gasteiger partial charge is 0.254 e. The molecule has 0 saturated heterocycles. The maximum atomic E-state index is 13.9. The Bertz CT molecular complexity index is 718. The predicted octanol–water partition coefficient (Wildman–Crippen LogP) is 2.97. The number of carbonyl (C=O) groups excluding carboxylic acids is 1. The van der Waals surface area contributed by atoms with Gasteiger partial charge in [-0.1, -0.05) is 6.07 Å². The summed E-state index contributed by atoms with van der Waals surface area (Å²) in [6.07, 6.45) is 0. The number of hydrogen-bond acceptors (Lipinski definition) is 3. The lowest BCUT2D eigenvalue weighted by Crippen LogP contribution is -2.24. The van der Waals surface area contributed by atoms with Crippen LogP contribution in [0.4, 0.5) is 14.5 Å². The summed E-state index contributed by atoms with van der Waals surface area (Å²) in [5.74, 6) is -1.28. The first kappa shape index (κ1) is 16.7. The van der Waals surface area contributed by atoms with E-state index < -0.39 is 11.7 Å². The van der Waals surface area contributed by atoms with E-state index in [-0.39, 0.29) is 17.9 Å². The molecule has 0 aromatic heterocycles. The van der Waals surface area contributed by atoms with Gasteiger partial charge in [-0.3, -0.25) is 4.79 Å². The largest absolute Gasteiger partial charge is 0.497 e. The Kier molecular flexibility index (Phi) is 5.16. The highest BCUT2D eigenvalue weighted by Gasteiger charge is 2.13. The van der Waals surface area contributed by atoms with Gasteiger partial charge in [0.25, 0.3) is 5.91 Å². The topological polar surface area (TPSA) is 41.6 Å². The summed E-state index contributed by atoms with van der Waals surface area (Å²) in [6.45, 7) is 0.106. The van der Waals surface area contributed by atoms with Crippen LogP contribution in [0.1, 0.15) is 15.9 Å². The van der Waals surface area contributed by atoms with Crippen LogP contribution in [0.25, 0.3) is 0 Å². The molecule has 6 heteroatoms. The SMILES string of the molecule is COc1ccc(C(=O)NCc2ccc(N(C)C)c(F)c2)c(F)c1. The van der Waals surface area contributed by atoms with Crippen molar-refractivity contribution in [2.45, 2.75) is 6.54 Å². The summed E-state index contributed by atoms with van der Waals surface area (Å²) in [7, 11) is 4.90. The van der Waals surface area contributed by atoms with E-state index in [0.29, 0.717) is 17.0 Å². The number of nitrogens with one attached hydrogen (secondary N) is 1. The Hall–Kier alpha value is -2.63. The lowest BCUT2D eigenvalue weighted by atomic mass is 10.1. The molecular weight excluding hydrogens is 302 g/mol. The number of ether oxygens (including phenoxy) is 1. The maximum Gasteiger partial charge on any atom is 0.254 e. The number of halogens is 2. The van der Waals surface area contributed by atoms with Gasteiger partial charge in [-0.25, -0.2) is 8.78 Å². The normalized spacial score (nSPS) is 10.3. The van der Waals surface area contributed by atoms with Gasteiger partial charge in [-0.2, -0.15) is 0 Å². The highest BCUT2D eigenvalue weighted by molar-refractivity contribution is 5.94. The highest BCUT2D eigenvalue weighted by Crippen LogP contribution is 2.19. The summed E-state index contributed by atoms with van der Waals surface area (Å²) >= 11 is 0. The number of methoxy groups -OCH3 is 1. The van der Waals surface area contributed by atoms with E-state index in [1.165, 1.54) is 25.3 Å². The Morgan fingerprint density at radius 1 is 1.13 bits per heavy atom. The zero-order valence-electron chi connectivity index (χ0n) is 13.2. The Labute approximate surface area is 133 Å². The number of benzene rings is 2. The molecule has 0 aliphatic rings. The van der Waals surface area contributed by atoms with Gasteiger partial charge >= 0.3 is 0 Å². The van der Waals surface area contributed by atoms with Crippen LogP contribution in [-0.2, 0) is 6.54 Å². The number of nitrogens with zero attached hydrogens (tertiary/aromatic N) is 1. The first-order valence-corrected chi connectivity index (χ1v) is 7.00. The van der Waals surface area contributed by atoms with Crippen LogP contribution in [0.3, 0.4) is 0 Å². The fourth-order valence-corrected chi connectivity index (χ4v) is 2.11. The second kappa shape index (κ2) is 7.09. The van der Waals surface area contributed by atoms with Crippen LogP contribution in [-0.4, -0.2) is 27.1 Å². The zero-order valence-corrected chi connectivity index (χ0v) is 13.2. The third-order valence-electron chi connectivity index (χ3n) is 3.37. The summed E-state index contributed by atoms with van der Waals surface area (Å²) in [5.41, 5.74) is 0.966. The van der Waals surface area contributed by atoms with Crippen molar-refractivity contribution in [3.8, 4) is 5.75 Å². The van der Waals surface area contributed by atoms with Crippen molar-refractivity contribution in [3.05, 3.63) is 59.2 Å². The number of rotatable bonds is 5. The number of anilines is 1. The minimum Gasteiger partial charge on any atom is -0.497 e. The fraction of sp³-hybridized carbons (Fsp3) is 0.235. The van der Waals surface area contributed by atoms with Gasteiger partial charge in [-0.05, 0) is 29.8 Å². The van der Waals surface area contributed by atoms with Gasteiger partial charge in [0.05, 0.1) is 18.4 Å². The molecule has 4 nitrogen and oxygen atoms in total. The third kappa shape index (κ3) is 3.97. The molecular formula is C17H18F2N2O2. The Morgan fingerprint density at radius 3 is 2.43 bits per heavy atom. The summed E-state index contributed by atoms with van der Waals surface area (Å²) in [4.78, 5) is 13.7. The van der Waals surface area contributed by atoms with Crippen molar-refractivity contribution in [3.63, 3.8) is 0 Å². The van der Waals surface area contributed by atoms with E-state index in [2.05, 4.69) is 5.32 Å². The molecule has 0 atom stereocenters. The maximum absolute atomic E-state index is 13.9. The molecule has 0 aliphatic heterocycles. The first-order valence-electron chi connectivity index (χ1n) is 7.00. The lowest BCUT2D eigenvalue weighted by Gasteiger charge is -2.14. The average molecular weight is 320 g/mol. The first-order chi connectivity index (χ1) is 10.9. The van der Waals surface area contributed by atoms with Crippen LogP contribution in [0.5, 0.6) is 5.75 Å². The molecule has 0 spiro atoms. The number of amides is 1. The van der Waals surface area contributed by atoms with E-state index >= 15 is 0 Å². The van der Waals surface area contributed by atoms with Crippen LogP contribution in [0.15, 0.2) is 36.4 Å². The van der Waals surface area contributed by atoms with Crippen molar-refractivity contribution >= 4 is 11.6 Å². The van der Waals surface area contributed by atoms with Crippen molar-refractivity contribution in [1.82, 2.24) is 5.32 Å². The number of carbonyl (C=O) groups is 1. The van der Waals surface area contributed by atoms with Gasteiger partial charge in [-0.15, -0.1) is 0 Å². The molecule has 2 aromatic carbocycles. The fourth-order valence-electron chi connectivity index (χ4n) is 2.11. The van der Waals surface area contributed by atoms with Gasteiger partial charge in [0.2, 0.25) is 0 Å². The summed E-state index contributed by atoms with van der Waals surface area (Å²) in [6, 6.07) is 8.68. The van der Waals surface area contributed by atoms with Crippen LogP contribution >= 0.6 is 0 Å². The molecule has 0 heterocycles. The summed E-state index contributed by atoms with van der Waals surface area (Å²) in [5, 5.41) is 2.57. The average Bonchev–Trinajstić information content (AvgIpc) is 2.52. The molecule has 122 valence electrons. The summed E-state index contributed by atoms with van der Waals surface area (Å²) < 4.78 is 32.6. The van der Waals surface area contributed by atoms with E-state index in [1.807, 2.05) is 0 Å². The minimum absolute atomic E-state index is 0.0869. The lowest BCUT2D eigenvalue weighted by molar-refractivity contribution is 0.0946. The number of hydrogen-bond donors (Lipinski definition) is 1. The molecule has 23 heavy (non-hydrogen) atoms.